The molecule has 0 aliphatic heterocycles. The van der Waals surface area contributed by atoms with E-state index in [1.54, 1.807) is 6.33 Å². The maximum absolute atomic E-state index is 11.3. The molecule has 0 aliphatic carbocycles. The number of hydrogen-bond acceptors (Lipinski definition) is 8. The molecular formula is C14H12N8O. The molecule has 0 fully saturated rings. The summed E-state index contributed by atoms with van der Waals surface area (Å²) in [4.78, 5) is 33.2. The second-order valence-corrected chi connectivity index (χ2v) is 4.37. The van der Waals surface area contributed by atoms with Gasteiger partial charge in [0.1, 0.15) is 6.33 Å². The Morgan fingerprint density at radius 1 is 1.09 bits per heavy atom. The molecular weight excluding hydrogens is 296 g/mol. The number of benzene rings is 1. The largest absolute Gasteiger partial charge is 0.294 e. The van der Waals surface area contributed by atoms with Gasteiger partial charge in [-0.05, 0) is 6.07 Å². The van der Waals surface area contributed by atoms with Gasteiger partial charge in [-0.3, -0.25) is 15.2 Å². The summed E-state index contributed by atoms with van der Waals surface area (Å²) in [6.45, 7) is 0. The number of nitrogens with zero attached hydrogens (tertiary/aromatic N) is 5. The minimum Gasteiger partial charge on any atom is -0.294 e. The number of aromatic amines is 1. The number of nitrogens with one attached hydrogen (secondary N) is 2. The molecule has 0 bridgehead atoms. The molecule has 3 heterocycles. The van der Waals surface area contributed by atoms with Gasteiger partial charge in [0.05, 0.1) is 5.52 Å². The molecule has 9 nitrogen and oxygen atoms in total. The molecule has 114 valence electrons. The number of nitrogen functional groups attached to an aromatic ring is 1. The van der Waals surface area contributed by atoms with Gasteiger partial charge in [0.25, 0.3) is 5.56 Å². The van der Waals surface area contributed by atoms with Crippen molar-refractivity contribution in [3.8, 4) is 0 Å². The van der Waals surface area contributed by atoms with Crippen LogP contribution < -0.4 is 16.8 Å². The number of hydrazine groups is 1. The number of nitrogens with two attached hydrogens (primary N) is 1. The highest BCUT2D eigenvalue weighted by Crippen LogP contribution is 2.06. The van der Waals surface area contributed by atoms with E-state index in [1.165, 1.54) is 12.4 Å². The Morgan fingerprint density at radius 2 is 1.91 bits per heavy atom. The Kier molecular flexibility index (Phi) is 4.11. The summed E-state index contributed by atoms with van der Waals surface area (Å²) in [5.74, 6) is 5.24. The summed E-state index contributed by atoms with van der Waals surface area (Å²) in [5, 5.41) is 1.09. The van der Waals surface area contributed by atoms with Crippen molar-refractivity contribution in [1.82, 2.24) is 29.9 Å². The van der Waals surface area contributed by atoms with E-state index >= 15 is 0 Å². The van der Waals surface area contributed by atoms with Crippen molar-refractivity contribution in [2.45, 2.75) is 0 Å². The van der Waals surface area contributed by atoms with E-state index in [0.717, 1.165) is 10.9 Å². The highest BCUT2D eigenvalue weighted by molar-refractivity contribution is 5.76. The van der Waals surface area contributed by atoms with E-state index in [2.05, 4.69) is 35.3 Å². The Hall–Kier alpha value is -3.46. The SMILES string of the molecule is NNc1nc2nccnc2c(=O)[nH]1.c1ccc2ncncc2c1. The van der Waals surface area contributed by atoms with E-state index in [1.807, 2.05) is 30.5 Å². The molecule has 3 aromatic heterocycles. The molecule has 0 saturated heterocycles. The number of fused-ring (bicyclic) bond motifs is 2. The molecule has 0 spiro atoms. The lowest BCUT2D eigenvalue weighted by atomic mass is 10.2. The van der Waals surface area contributed by atoms with Crippen LogP contribution in [0.5, 0.6) is 0 Å². The molecule has 1 aromatic carbocycles. The van der Waals surface area contributed by atoms with Gasteiger partial charge in [-0.25, -0.2) is 25.8 Å². The average Bonchev–Trinajstić information content (AvgIpc) is 2.62. The summed E-state index contributed by atoms with van der Waals surface area (Å²) >= 11 is 0. The van der Waals surface area contributed by atoms with Crippen LogP contribution >= 0.6 is 0 Å². The lowest BCUT2D eigenvalue weighted by Crippen LogP contribution is -2.17. The fourth-order valence-corrected chi connectivity index (χ4v) is 1.87. The lowest BCUT2D eigenvalue weighted by Gasteiger charge is -1.98. The van der Waals surface area contributed by atoms with Crippen molar-refractivity contribution in [3.63, 3.8) is 0 Å². The van der Waals surface area contributed by atoms with Crippen LogP contribution in [0.3, 0.4) is 0 Å². The zero-order valence-electron chi connectivity index (χ0n) is 11.8. The minimum absolute atomic E-state index is 0.165. The van der Waals surface area contributed by atoms with Crippen LogP contribution in [0.1, 0.15) is 0 Å². The predicted octanol–water partition coefficient (Wildman–Crippen LogP) is 0.628. The minimum atomic E-state index is -0.369. The van der Waals surface area contributed by atoms with Crippen LogP contribution in [0.25, 0.3) is 22.1 Å². The zero-order chi connectivity index (χ0) is 16.1. The Morgan fingerprint density at radius 3 is 2.74 bits per heavy atom. The first-order valence-corrected chi connectivity index (χ1v) is 6.60. The highest BCUT2D eigenvalue weighted by Gasteiger charge is 2.03. The monoisotopic (exact) mass is 308 g/mol. The van der Waals surface area contributed by atoms with Gasteiger partial charge in [-0.2, -0.15) is 4.98 Å². The third-order valence-corrected chi connectivity index (χ3v) is 2.89. The summed E-state index contributed by atoms with van der Waals surface area (Å²) in [7, 11) is 0. The van der Waals surface area contributed by atoms with Crippen molar-refractivity contribution < 1.29 is 0 Å². The van der Waals surface area contributed by atoms with Crippen LogP contribution in [0.2, 0.25) is 0 Å². The average molecular weight is 308 g/mol. The van der Waals surface area contributed by atoms with E-state index in [9.17, 15) is 4.79 Å². The van der Waals surface area contributed by atoms with E-state index in [0.29, 0.717) is 0 Å². The molecule has 0 aliphatic rings. The second-order valence-electron chi connectivity index (χ2n) is 4.37. The Balaban J connectivity index is 0.000000140. The second kappa shape index (κ2) is 6.54. The van der Waals surface area contributed by atoms with E-state index < -0.39 is 0 Å². The van der Waals surface area contributed by atoms with Crippen LogP contribution in [0.4, 0.5) is 5.95 Å². The number of aromatic nitrogens is 6. The topological polar surface area (TPSA) is 135 Å². The lowest BCUT2D eigenvalue weighted by molar-refractivity contribution is 1.08. The number of para-hydroxylation sites is 1. The predicted molar refractivity (Wildman–Crippen MR) is 85.3 cm³/mol. The number of H-pyrrole nitrogens is 1. The number of rotatable bonds is 1. The summed E-state index contributed by atoms with van der Waals surface area (Å²) < 4.78 is 0. The maximum Gasteiger partial charge on any atom is 0.280 e. The van der Waals surface area contributed by atoms with Crippen molar-refractivity contribution >= 4 is 28.0 Å². The third-order valence-electron chi connectivity index (χ3n) is 2.89. The van der Waals surface area contributed by atoms with Crippen LogP contribution in [0, 0.1) is 0 Å². The van der Waals surface area contributed by atoms with Gasteiger partial charge < -0.3 is 0 Å². The first-order chi connectivity index (χ1) is 11.3. The van der Waals surface area contributed by atoms with Gasteiger partial charge >= 0.3 is 0 Å². The molecule has 9 heteroatoms. The summed E-state index contributed by atoms with van der Waals surface area (Å²) in [5.41, 5.74) is 3.31. The van der Waals surface area contributed by atoms with E-state index in [4.69, 9.17) is 5.84 Å². The molecule has 0 atom stereocenters. The van der Waals surface area contributed by atoms with Gasteiger partial charge in [0.2, 0.25) is 5.95 Å². The molecule has 0 radical (unpaired) electrons. The van der Waals surface area contributed by atoms with Crippen molar-refractivity contribution in [3.05, 3.63) is 59.5 Å². The normalized spacial score (nSPS) is 10.1. The molecule has 4 aromatic rings. The van der Waals surface area contributed by atoms with E-state index in [-0.39, 0.29) is 22.7 Å². The Bertz CT molecular complexity index is 935. The summed E-state index contributed by atoms with van der Waals surface area (Å²) in [6, 6.07) is 7.91. The van der Waals surface area contributed by atoms with Gasteiger partial charge in [-0.15, -0.1) is 0 Å². The van der Waals surface area contributed by atoms with Crippen LogP contribution in [-0.2, 0) is 0 Å². The standard InChI is InChI=1S/C8H6N2.C6H6N6O/c1-2-4-8-7(3-1)5-9-6-10-8;7-12-6-10-4-3(5(13)11-6)8-1-2-9-4/h1-6H;1-2H,7H2,(H2,9,10,11,12,13). The molecule has 0 saturated carbocycles. The maximum atomic E-state index is 11.3. The summed E-state index contributed by atoms with van der Waals surface area (Å²) in [6.07, 6.45) is 6.24. The fourth-order valence-electron chi connectivity index (χ4n) is 1.87. The highest BCUT2D eigenvalue weighted by atomic mass is 16.1. The first kappa shape index (κ1) is 14.5. The molecule has 4 rings (SSSR count). The van der Waals surface area contributed by atoms with Crippen LogP contribution in [0.15, 0.2) is 54.0 Å². The van der Waals surface area contributed by atoms with Gasteiger partial charge in [0.15, 0.2) is 11.2 Å². The van der Waals surface area contributed by atoms with Crippen molar-refractivity contribution in [2.24, 2.45) is 5.84 Å². The molecule has 0 amide bonds. The quantitative estimate of drug-likeness (QED) is 0.344. The first-order valence-electron chi connectivity index (χ1n) is 6.60. The molecule has 23 heavy (non-hydrogen) atoms. The van der Waals surface area contributed by atoms with Gasteiger partial charge in [0, 0.05) is 24.0 Å². The van der Waals surface area contributed by atoms with Crippen LogP contribution in [-0.4, -0.2) is 29.9 Å². The smallest absolute Gasteiger partial charge is 0.280 e. The van der Waals surface area contributed by atoms with Crippen molar-refractivity contribution in [2.75, 3.05) is 5.43 Å². The number of anilines is 1. The zero-order valence-corrected chi connectivity index (χ0v) is 11.8. The molecule has 4 N–H and O–H groups in total. The Labute approximate surface area is 129 Å². The van der Waals surface area contributed by atoms with Gasteiger partial charge in [-0.1, -0.05) is 18.2 Å². The molecule has 0 unspecified atom stereocenters. The van der Waals surface area contributed by atoms with Crippen molar-refractivity contribution in [1.29, 1.82) is 0 Å². The number of hydrogen-bond donors (Lipinski definition) is 3. The fraction of sp³-hybridized carbons (Fsp3) is 0. The third kappa shape index (κ3) is 3.24.